The summed E-state index contributed by atoms with van der Waals surface area (Å²) in [5, 5.41) is 3.44. The highest BCUT2D eigenvalue weighted by Crippen LogP contribution is 2.38. The second-order valence-electron chi connectivity index (χ2n) is 7.05. The van der Waals surface area contributed by atoms with E-state index >= 15 is 0 Å². The zero-order valence-corrected chi connectivity index (χ0v) is 17.1. The number of ether oxygens (including phenoxy) is 1. The van der Waals surface area contributed by atoms with Crippen LogP contribution < -0.4 is 15.0 Å². The van der Waals surface area contributed by atoms with Crippen LogP contribution in [0.2, 0.25) is 5.02 Å². The third kappa shape index (κ3) is 4.14. The molecule has 1 N–H and O–H groups in total. The molecule has 1 aromatic heterocycles. The van der Waals surface area contributed by atoms with Crippen molar-refractivity contribution in [2.75, 3.05) is 18.1 Å². The lowest BCUT2D eigenvalue weighted by Gasteiger charge is -2.30. The standard InChI is InChI=1S/C23H20ClN3O3/c1-15-7-9-16(10-8-15)22(17-4-3-11-25-12-17)26-20(28)13-27-19-6-2-5-18(24)23(19)30-14-21(27)29/h2-12,22H,13-14H2,1H3,(H,26,28). The maximum atomic E-state index is 13.0. The van der Waals surface area contributed by atoms with Gasteiger partial charge in [0.1, 0.15) is 6.54 Å². The van der Waals surface area contributed by atoms with Gasteiger partial charge in [0.05, 0.1) is 16.8 Å². The minimum atomic E-state index is -0.387. The number of amides is 2. The van der Waals surface area contributed by atoms with Crippen LogP contribution in [-0.4, -0.2) is 29.9 Å². The first-order valence-corrected chi connectivity index (χ1v) is 9.88. The number of carbonyl (C=O) groups excluding carboxylic acids is 2. The minimum Gasteiger partial charge on any atom is -0.480 e. The van der Waals surface area contributed by atoms with Gasteiger partial charge in [-0.1, -0.05) is 53.6 Å². The number of rotatable bonds is 5. The monoisotopic (exact) mass is 421 g/mol. The summed E-state index contributed by atoms with van der Waals surface area (Å²) in [5.74, 6) is -0.187. The van der Waals surface area contributed by atoms with Crippen molar-refractivity contribution in [3.63, 3.8) is 0 Å². The summed E-state index contributed by atoms with van der Waals surface area (Å²) in [5.41, 5.74) is 3.40. The second kappa shape index (κ2) is 8.55. The fourth-order valence-electron chi connectivity index (χ4n) is 3.39. The Bertz CT molecular complexity index is 1070. The van der Waals surface area contributed by atoms with Crippen LogP contribution in [0.4, 0.5) is 5.69 Å². The molecule has 0 saturated carbocycles. The van der Waals surface area contributed by atoms with Crippen molar-refractivity contribution >= 4 is 29.1 Å². The van der Waals surface area contributed by atoms with E-state index in [2.05, 4.69) is 10.3 Å². The first-order chi connectivity index (χ1) is 14.5. The highest BCUT2D eigenvalue weighted by molar-refractivity contribution is 6.32. The lowest BCUT2D eigenvalue weighted by molar-refractivity contribution is -0.125. The van der Waals surface area contributed by atoms with Gasteiger partial charge in [-0.15, -0.1) is 0 Å². The van der Waals surface area contributed by atoms with Crippen molar-refractivity contribution in [3.05, 3.63) is 88.7 Å². The van der Waals surface area contributed by atoms with Gasteiger partial charge in [0.15, 0.2) is 12.4 Å². The van der Waals surface area contributed by atoms with E-state index in [1.165, 1.54) is 4.90 Å². The molecule has 0 aliphatic carbocycles. The van der Waals surface area contributed by atoms with Crippen LogP contribution in [0.25, 0.3) is 0 Å². The number of fused-ring (bicyclic) bond motifs is 1. The maximum absolute atomic E-state index is 13.0. The number of carbonyl (C=O) groups is 2. The summed E-state index contributed by atoms with van der Waals surface area (Å²) in [4.78, 5) is 31.0. The summed E-state index contributed by atoms with van der Waals surface area (Å²) < 4.78 is 5.45. The Morgan fingerprint density at radius 3 is 2.70 bits per heavy atom. The van der Waals surface area contributed by atoms with E-state index in [1.807, 2.05) is 43.3 Å². The second-order valence-corrected chi connectivity index (χ2v) is 7.46. The zero-order valence-electron chi connectivity index (χ0n) is 16.3. The number of benzene rings is 2. The van der Waals surface area contributed by atoms with Crippen LogP contribution >= 0.6 is 11.6 Å². The van der Waals surface area contributed by atoms with Gasteiger partial charge in [-0.05, 0) is 36.2 Å². The van der Waals surface area contributed by atoms with Gasteiger partial charge in [0.25, 0.3) is 5.91 Å². The molecule has 2 heterocycles. The van der Waals surface area contributed by atoms with E-state index in [1.54, 1.807) is 30.6 Å². The lowest BCUT2D eigenvalue weighted by Crippen LogP contribution is -2.46. The quantitative estimate of drug-likeness (QED) is 0.682. The number of para-hydroxylation sites is 1. The fourth-order valence-corrected chi connectivity index (χ4v) is 3.61. The Kier molecular flexibility index (Phi) is 5.68. The molecule has 7 heteroatoms. The van der Waals surface area contributed by atoms with E-state index in [0.29, 0.717) is 16.5 Å². The van der Waals surface area contributed by atoms with Gasteiger partial charge in [-0.3, -0.25) is 19.5 Å². The number of nitrogens with one attached hydrogen (secondary N) is 1. The normalized spacial score (nSPS) is 13.9. The first-order valence-electron chi connectivity index (χ1n) is 9.50. The molecule has 0 radical (unpaired) electrons. The SMILES string of the molecule is Cc1ccc(C(NC(=O)CN2C(=O)COc3c(Cl)cccc32)c2cccnc2)cc1. The molecule has 30 heavy (non-hydrogen) atoms. The van der Waals surface area contributed by atoms with Crippen LogP contribution in [0.15, 0.2) is 67.0 Å². The average Bonchev–Trinajstić information content (AvgIpc) is 2.76. The van der Waals surface area contributed by atoms with Gasteiger partial charge in [-0.25, -0.2) is 0 Å². The fraction of sp³-hybridized carbons (Fsp3) is 0.174. The Labute approximate surface area is 179 Å². The molecule has 0 saturated heterocycles. The number of hydrogen-bond donors (Lipinski definition) is 1. The Hall–Kier alpha value is -3.38. The molecule has 6 nitrogen and oxygen atoms in total. The van der Waals surface area contributed by atoms with E-state index in [9.17, 15) is 9.59 Å². The topological polar surface area (TPSA) is 71.5 Å². The van der Waals surface area contributed by atoms with Crippen LogP contribution in [0.1, 0.15) is 22.7 Å². The average molecular weight is 422 g/mol. The van der Waals surface area contributed by atoms with E-state index in [0.717, 1.165) is 16.7 Å². The molecule has 0 spiro atoms. The van der Waals surface area contributed by atoms with Crippen molar-refractivity contribution in [2.45, 2.75) is 13.0 Å². The minimum absolute atomic E-state index is 0.141. The van der Waals surface area contributed by atoms with Crippen molar-refractivity contribution < 1.29 is 14.3 Å². The summed E-state index contributed by atoms with van der Waals surface area (Å²) in [6.07, 6.45) is 3.41. The molecule has 152 valence electrons. The van der Waals surface area contributed by atoms with Crippen molar-refractivity contribution in [1.82, 2.24) is 10.3 Å². The number of hydrogen-bond acceptors (Lipinski definition) is 4. The number of aryl methyl sites for hydroxylation is 1. The summed E-state index contributed by atoms with van der Waals surface area (Å²) in [6.45, 7) is 1.71. The number of pyridine rings is 1. The van der Waals surface area contributed by atoms with Gasteiger partial charge in [0, 0.05) is 12.4 Å². The summed E-state index contributed by atoms with van der Waals surface area (Å²) in [7, 11) is 0. The Balaban J connectivity index is 1.59. The molecule has 0 fully saturated rings. The smallest absolute Gasteiger partial charge is 0.265 e. The zero-order chi connectivity index (χ0) is 21.1. The van der Waals surface area contributed by atoms with Gasteiger partial charge >= 0.3 is 0 Å². The van der Waals surface area contributed by atoms with Crippen LogP contribution in [0, 0.1) is 6.92 Å². The Morgan fingerprint density at radius 2 is 1.97 bits per heavy atom. The summed E-state index contributed by atoms with van der Waals surface area (Å²) in [6, 6.07) is 16.4. The van der Waals surface area contributed by atoms with Crippen LogP contribution in [0.5, 0.6) is 5.75 Å². The summed E-state index contributed by atoms with van der Waals surface area (Å²) >= 11 is 6.18. The molecule has 2 amide bonds. The van der Waals surface area contributed by atoms with Crippen LogP contribution in [0.3, 0.4) is 0 Å². The predicted molar refractivity (Wildman–Crippen MR) is 115 cm³/mol. The Morgan fingerprint density at radius 1 is 1.17 bits per heavy atom. The first kappa shape index (κ1) is 19.9. The molecule has 3 aromatic rings. The van der Waals surface area contributed by atoms with Crippen molar-refractivity contribution in [1.29, 1.82) is 0 Å². The molecule has 1 atom stereocenters. The molecular weight excluding hydrogens is 402 g/mol. The number of aromatic nitrogens is 1. The highest BCUT2D eigenvalue weighted by Gasteiger charge is 2.29. The van der Waals surface area contributed by atoms with Gasteiger partial charge in [-0.2, -0.15) is 0 Å². The number of anilines is 1. The largest absolute Gasteiger partial charge is 0.480 e. The molecule has 2 aromatic carbocycles. The molecule has 1 aliphatic heterocycles. The van der Waals surface area contributed by atoms with E-state index < -0.39 is 0 Å². The number of halogens is 1. The van der Waals surface area contributed by atoms with Crippen molar-refractivity contribution in [3.8, 4) is 5.75 Å². The number of nitrogens with zero attached hydrogens (tertiary/aromatic N) is 2. The van der Waals surface area contributed by atoms with Crippen LogP contribution in [-0.2, 0) is 9.59 Å². The third-order valence-corrected chi connectivity index (χ3v) is 5.21. The van der Waals surface area contributed by atoms with Gasteiger partial charge in [0.2, 0.25) is 5.91 Å². The van der Waals surface area contributed by atoms with E-state index in [-0.39, 0.29) is 31.0 Å². The van der Waals surface area contributed by atoms with Crippen molar-refractivity contribution in [2.24, 2.45) is 0 Å². The molecular formula is C23H20ClN3O3. The third-order valence-electron chi connectivity index (χ3n) is 4.91. The maximum Gasteiger partial charge on any atom is 0.265 e. The molecule has 4 rings (SSSR count). The lowest BCUT2D eigenvalue weighted by atomic mass is 9.99. The highest BCUT2D eigenvalue weighted by atomic mass is 35.5. The van der Waals surface area contributed by atoms with Gasteiger partial charge < -0.3 is 10.1 Å². The molecule has 1 aliphatic rings. The van der Waals surface area contributed by atoms with E-state index in [4.69, 9.17) is 16.3 Å². The predicted octanol–water partition coefficient (Wildman–Crippen LogP) is 3.67. The molecule has 0 bridgehead atoms. The molecule has 1 unspecified atom stereocenters.